The first-order chi connectivity index (χ1) is 8.33. The van der Waals surface area contributed by atoms with E-state index < -0.39 is 0 Å². The summed E-state index contributed by atoms with van der Waals surface area (Å²) in [5.41, 5.74) is 0. The van der Waals surface area contributed by atoms with E-state index in [0.717, 1.165) is 0 Å². The summed E-state index contributed by atoms with van der Waals surface area (Å²) in [5.74, 6) is 0. The van der Waals surface area contributed by atoms with Gasteiger partial charge in [0.05, 0.1) is 0 Å². The second kappa shape index (κ2) is 173. The molecule has 0 radical (unpaired) electrons. The standard InChI is InChI=1S/C6H8.C3H8.4C2H6/c1-3-5-6-4-2;1-3-2;4*1-2/h3-6H,1-2H2;3H2,1-2H3;4*1-2H3/b6-5-;;;;;. The third kappa shape index (κ3) is 540. The average Bonchev–Trinajstić information content (AvgIpc) is 2.46. The highest BCUT2D eigenvalue weighted by Crippen LogP contribution is 1.69. The van der Waals surface area contributed by atoms with Crippen LogP contribution in [-0.4, -0.2) is 0 Å². The number of hydrogen-bond donors (Lipinski definition) is 0. The van der Waals surface area contributed by atoms with Crippen molar-refractivity contribution in [1.82, 2.24) is 0 Å². The molecule has 0 atom stereocenters. The van der Waals surface area contributed by atoms with Gasteiger partial charge in [-0.1, -0.05) is 113 Å². The van der Waals surface area contributed by atoms with Crippen LogP contribution in [0.5, 0.6) is 0 Å². The normalized spacial score (nSPS) is 5.53. The molecule has 17 heavy (non-hydrogen) atoms. The lowest BCUT2D eigenvalue weighted by atomic mass is 10.5. The zero-order valence-corrected chi connectivity index (χ0v) is 14.4. The molecule has 0 N–H and O–H groups in total. The Labute approximate surface area is 114 Å². The maximum Gasteiger partial charge on any atom is -0.0590 e. The molecule has 108 valence electrons. The summed E-state index contributed by atoms with van der Waals surface area (Å²) >= 11 is 0. The molecule has 0 heteroatoms. The predicted octanol–water partition coefficient (Wildman–Crippen LogP) is 7.44. The van der Waals surface area contributed by atoms with E-state index in [1.165, 1.54) is 6.42 Å². The Kier molecular flexibility index (Phi) is 366. The van der Waals surface area contributed by atoms with Gasteiger partial charge in [-0.3, -0.25) is 0 Å². The SMILES string of the molecule is C=C/C=C\C=C.CC.CC.CC.CC.CCC. The van der Waals surface area contributed by atoms with Crippen molar-refractivity contribution in [3.05, 3.63) is 37.5 Å². The molecular formula is C17H40. The van der Waals surface area contributed by atoms with Crippen LogP contribution in [0, 0.1) is 0 Å². The highest BCUT2D eigenvalue weighted by molar-refractivity contribution is 5.05. The Balaban J connectivity index is -0.0000000238. The molecule has 0 amide bonds. The van der Waals surface area contributed by atoms with Crippen LogP contribution in [0.1, 0.15) is 75.7 Å². The van der Waals surface area contributed by atoms with Gasteiger partial charge in [0.1, 0.15) is 0 Å². The minimum Gasteiger partial charge on any atom is -0.0991 e. The number of rotatable bonds is 2. The topological polar surface area (TPSA) is 0 Å². The van der Waals surface area contributed by atoms with Gasteiger partial charge in [-0.2, -0.15) is 0 Å². The smallest absolute Gasteiger partial charge is 0.0590 e. The lowest BCUT2D eigenvalue weighted by Crippen LogP contribution is -1.38. The van der Waals surface area contributed by atoms with Gasteiger partial charge in [0.25, 0.3) is 0 Å². The van der Waals surface area contributed by atoms with Crippen molar-refractivity contribution in [1.29, 1.82) is 0 Å². The van der Waals surface area contributed by atoms with Crippen molar-refractivity contribution in [2.75, 3.05) is 0 Å². The molecule has 0 saturated heterocycles. The fourth-order valence-corrected chi connectivity index (χ4v) is 0.157. The Morgan fingerprint density at radius 1 is 0.588 bits per heavy atom. The lowest BCUT2D eigenvalue weighted by molar-refractivity contribution is 1.09. The van der Waals surface area contributed by atoms with Crippen molar-refractivity contribution >= 4 is 0 Å². The van der Waals surface area contributed by atoms with Crippen LogP contribution >= 0.6 is 0 Å². The van der Waals surface area contributed by atoms with Crippen LogP contribution in [0.3, 0.4) is 0 Å². The van der Waals surface area contributed by atoms with Gasteiger partial charge < -0.3 is 0 Å². The Morgan fingerprint density at radius 3 is 0.765 bits per heavy atom. The quantitative estimate of drug-likeness (QED) is 0.443. The molecule has 0 aliphatic carbocycles. The maximum absolute atomic E-state index is 3.46. The first-order valence-corrected chi connectivity index (χ1v) is 7.23. The van der Waals surface area contributed by atoms with Crippen LogP contribution in [0.25, 0.3) is 0 Å². The number of allylic oxidation sites excluding steroid dienone is 4. The van der Waals surface area contributed by atoms with Crippen molar-refractivity contribution < 1.29 is 0 Å². The summed E-state index contributed by atoms with van der Waals surface area (Å²) < 4.78 is 0. The van der Waals surface area contributed by atoms with E-state index in [2.05, 4.69) is 27.0 Å². The third-order valence-electron chi connectivity index (χ3n) is 0.383. The second-order valence-corrected chi connectivity index (χ2v) is 1.56. The van der Waals surface area contributed by atoms with E-state index >= 15 is 0 Å². The van der Waals surface area contributed by atoms with Gasteiger partial charge >= 0.3 is 0 Å². The zero-order chi connectivity index (χ0) is 15.5. The Bertz CT molecular complexity index is 68.0. The summed E-state index contributed by atoms with van der Waals surface area (Å²) in [6.45, 7) is 27.2. The van der Waals surface area contributed by atoms with Crippen molar-refractivity contribution in [3.8, 4) is 0 Å². The van der Waals surface area contributed by atoms with Crippen LogP contribution < -0.4 is 0 Å². The summed E-state index contributed by atoms with van der Waals surface area (Å²) in [7, 11) is 0. The minimum absolute atomic E-state index is 1.25. The molecule has 0 aliphatic heterocycles. The van der Waals surface area contributed by atoms with Crippen LogP contribution in [0.15, 0.2) is 37.5 Å². The molecule has 0 rings (SSSR count). The molecule has 0 saturated carbocycles. The van der Waals surface area contributed by atoms with Gasteiger partial charge in [0, 0.05) is 0 Å². The maximum atomic E-state index is 3.46. The Hall–Kier alpha value is -0.780. The van der Waals surface area contributed by atoms with Gasteiger partial charge in [-0.05, 0) is 0 Å². The molecule has 0 spiro atoms. The van der Waals surface area contributed by atoms with Crippen LogP contribution in [0.2, 0.25) is 0 Å². The summed E-state index contributed by atoms with van der Waals surface area (Å²) in [6, 6.07) is 0. The summed E-state index contributed by atoms with van der Waals surface area (Å²) in [4.78, 5) is 0. The van der Waals surface area contributed by atoms with Gasteiger partial charge in [0.15, 0.2) is 0 Å². The van der Waals surface area contributed by atoms with Crippen molar-refractivity contribution in [2.45, 2.75) is 75.7 Å². The zero-order valence-electron chi connectivity index (χ0n) is 14.4. The van der Waals surface area contributed by atoms with E-state index in [0.29, 0.717) is 0 Å². The molecule has 0 aromatic carbocycles. The lowest BCUT2D eigenvalue weighted by Gasteiger charge is -1.60. The van der Waals surface area contributed by atoms with Crippen molar-refractivity contribution in [3.63, 3.8) is 0 Å². The molecule has 0 fully saturated rings. The fraction of sp³-hybridized carbons (Fsp3) is 0.647. The predicted molar refractivity (Wildman–Crippen MR) is 90.9 cm³/mol. The van der Waals surface area contributed by atoms with Crippen LogP contribution in [-0.2, 0) is 0 Å². The third-order valence-corrected chi connectivity index (χ3v) is 0.383. The van der Waals surface area contributed by atoms with Gasteiger partial charge in [-0.25, -0.2) is 0 Å². The minimum atomic E-state index is 1.25. The van der Waals surface area contributed by atoms with Crippen LogP contribution in [0.4, 0.5) is 0 Å². The van der Waals surface area contributed by atoms with E-state index in [1.807, 2.05) is 67.5 Å². The molecule has 0 aromatic heterocycles. The molecule has 0 heterocycles. The van der Waals surface area contributed by atoms with E-state index in [4.69, 9.17) is 0 Å². The molecular weight excluding hydrogens is 204 g/mol. The molecule has 0 bridgehead atoms. The van der Waals surface area contributed by atoms with E-state index in [1.54, 1.807) is 12.2 Å². The fourth-order valence-electron chi connectivity index (χ4n) is 0.157. The highest BCUT2D eigenvalue weighted by Gasteiger charge is 1.47. The second-order valence-electron chi connectivity index (χ2n) is 1.56. The largest absolute Gasteiger partial charge is 0.0991 e. The summed E-state index contributed by atoms with van der Waals surface area (Å²) in [6.07, 6.45) is 8.32. The molecule has 0 aliphatic rings. The summed E-state index contributed by atoms with van der Waals surface area (Å²) in [5, 5.41) is 0. The van der Waals surface area contributed by atoms with E-state index in [-0.39, 0.29) is 0 Å². The number of hydrogen-bond acceptors (Lipinski definition) is 0. The average molecular weight is 245 g/mol. The Morgan fingerprint density at radius 2 is 0.706 bits per heavy atom. The van der Waals surface area contributed by atoms with Gasteiger partial charge in [-0.15, -0.1) is 0 Å². The first kappa shape index (κ1) is 36.0. The first-order valence-electron chi connectivity index (χ1n) is 7.23. The molecule has 0 nitrogen and oxygen atoms in total. The highest BCUT2D eigenvalue weighted by atomic mass is 13.5. The monoisotopic (exact) mass is 244 g/mol. The molecule has 0 aromatic rings. The van der Waals surface area contributed by atoms with E-state index in [9.17, 15) is 0 Å². The van der Waals surface area contributed by atoms with Gasteiger partial charge in [0.2, 0.25) is 0 Å². The van der Waals surface area contributed by atoms with Crippen molar-refractivity contribution in [2.24, 2.45) is 0 Å². The molecule has 0 unspecified atom stereocenters.